The molecular weight excluding hydrogens is 224 g/mol. The summed E-state index contributed by atoms with van der Waals surface area (Å²) in [5.41, 5.74) is 3.36. The van der Waals surface area contributed by atoms with Crippen molar-refractivity contribution >= 4 is 11.3 Å². The van der Waals surface area contributed by atoms with Crippen LogP contribution in [0.15, 0.2) is 16.5 Å². The monoisotopic (exact) mass is 234 g/mol. The molecule has 0 saturated heterocycles. The topological polar surface area (TPSA) is 70.7 Å². The standard InChI is InChI=1S/C10H10N4OS/c15-10-6-3-11-2-1-7(6)13-9(14-10)8-4-12-5-16-8/h4-5,11H,1-3H2,(H,13,14,15). The molecule has 0 spiro atoms. The van der Waals surface area contributed by atoms with E-state index in [4.69, 9.17) is 0 Å². The summed E-state index contributed by atoms with van der Waals surface area (Å²) in [6, 6.07) is 0. The highest BCUT2D eigenvalue weighted by Gasteiger charge is 2.15. The van der Waals surface area contributed by atoms with Gasteiger partial charge in [-0.05, 0) is 0 Å². The Bertz CT molecular complexity index is 561. The van der Waals surface area contributed by atoms with Crippen LogP contribution in [0.1, 0.15) is 11.3 Å². The van der Waals surface area contributed by atoms with Crippen molar-refractivity contribution in [1.29, 1.82) is 0 Å². The summed E-state index contributed by atoms with van der Waals surface area (Å²) in [4.78, 5) is 24.0. The molecule has 0 radical (unpaired) electrons. The zero-order valence-corrected chi connectivity index (χ0v) is 9.30. The Morgan fingerprint density at radius 3 is 3.19 bits per heavy atom. The Balaban J connectivity index is 2.16. The fraction of sp³-hybridized carbons (Fsp3) is 0.300. The second-order valence-corrected chi connectivity index (χ2v) is 4.52. The van der Waals surface area contributed by atoms with E-state index in [-0.39, 0.29) is 5.56 Å². The average molecular weight is 234 g/mol. The summed E-state index contributed by atoms with van der Waals surface area (Å²) in [5, 5.41) is 3.17. The number of H-pyrrole nitrogens is 1. The van der Waals surface area contributed by atoms with Crippen LogP contribution in [0.2, 0.25) is 0 Å². The zero-order valence-electron chi connectivity index (χ0n) is 8.49. The maximum atomic E-state index is 11.8. The Hall–Kier alpha value is -1.53. The predicted molar refractivity (Wildman–Crippen MR) is 61.4 cm³/mol. The van der Waals surface area contributed by atoms with Crippen molar-refractivity contribution < 1.29 is 0 Å². The van der Waals surface area contributed by atoms with E-state index in [1.54, 1.807) is 11.7 Å². The molecular formula is C10H10N4OS. The molecule has 2 aromatic rings. The Morgan fingerprint density at radius 1 is 1.44 bits per heavy atom. The summed E-state index contributed by atoms with van der Waals surface area (Å²) in [7, 11) is 0. The van der Waals surface area contributed by atoms with Gasteiger partial charge in [0.1, 0.15) is 0 Å². The van der Waals surface area contributed by atoms with Crippen LogP contribution in [-0.4, -0.2) is 21.5 Å². The summed E-state index contributed by atoms with van der Waals surface area (Å²) in [5.74, 6) is 0.633. The van der Waals surface area contributed by atoms with Crippen molar-refractivity contribution in [2.24, 2.45) is 0 Å². The highest BCUT2D eigenvalue weighted by molar-refractivity contribution is 7.13. The lowest BCUT2D eigenvalue weighted by Crippen LogP contribution is -2.31. The maximum Gasteiger partial charge on any atom is 0.255 e. The third-order valence-corrected chi connectivity index (χ3v) is 3.39. The van der Waals surface area contributed by atoms with E-state index in [1.807, 2.05) is 0 Å². The van der Waals surface area contributed by atoms with E-state index < -0.39 is 0 Å². The van der Waals surface area contributed by atoms with Crippen molar-refractivity contribution in [3.8, 4) is 10.7 Å². The molecule has 0 aromatic carbocycles. The van der Waals surface area contributed by atoms with E-state index in [1.165, 1.54) is 11.3 Å². The lowest BCUT2D eigenvalue weighted by atomic mass is 10.1. The van der Waals surface area contributed by atoms with Crippen LogP contribution in [0, 0.1) is 0 Å². The van der Waals surface area contributed by atoms with Gasteiger partial charge in [-0.15, -0.1) is 11.3 Å². The molecule has 0 unspecified atom stereocenters. The van der Waals surface area contributed by atoms with Crippen LogP contribution >= 0.6 is 11.3 Å². The van der Waals surface area contributed by atoms with Gasteiger partial charge in [-0.3, -0.25) is 9.78 Å². The van der Waals surface area contributed by atoms with Crippen molar-refractivity contribution in [1.82, 2.24) is 20.3 Å². The number of rotatable bonds is 1. The molecule has 0 bridgehead atoms. The maximum absolute atomic E-state index is 11.8. The lowest BCUT2D eigenvalue weighted by Gasteiger charge is -2.15. The number of hydrogen-bond donors (Lipinski definition) is 2. The first kappa shape index (κ1) is 9.68. The van der Waals surface area contributed by atoms with Crippen molar-refractivity contribution in [3.05, 3.63) is 33.3 Å². The van der Waals surface area contributed by atoms with E-state index >= 15 is 0 Å². The largest absolute Gasteiger partial charge is 0.312 e. The number of aromatic nitrogens is 3. The summed E-state index contributed by atoms with van der Waals surface area (Å²) >= 11 is 1.48. The molecule has 0 atom stereocenters. The van der Waals surface area contributed by atoms with E-state index in [2.05, 4.69) is 20.3 Å². The van der Waals surface area contributed by atoms with E-state index in [9.17, 15) is 4.79 Å². The van der Waals surface area contributed by atoms with Gasteiger partial charge >= 0.3 is 0 Å². The van der Waals surface area contributed by atoms with Crippen LogP contribution in [0.5, 0.6) is 0 Å². The van der Waals surface area contributed by atoms with Crippen LogP contribution in [-0.2, 0) is 13.0 Å². The summed E-state index contributed by atoms with van der Waals surface area (Å²) in [6.45, 7) is 1.49. The minimum absolute atomic E-state index is 0.0411. The van der Waals surface area contributed by atoms with E-state index in [0.29, 0.717) is 12.4 Å². The van der Waals surface area contributed by atoms with Crippen molar-refractivity contribution in [2.75, 3.05) is 6.54 Å². The van der Waals surface area contributed by atoms with Crippen LogP contribution in [0.4, 0.5) is 0 Å². The van der Waals surface area contributed by atoms with Gasteiger partial charge in [-0.2, -0.15) is 0 Å². The first-order valence-corrected chi connectivity index (χ1v) is 5.94. The molecule has 2 aromatic heterocycles. The van der Waals surface area contributed by atoms with Crippen molar-refractivity contribution in [3.63, 3.8) is 0 Å². The third kappa shape index (κ3) is 1.56. The molecule has 6 heteroatoms. The molecule has 0 amide bonds. The molecule has 1 aliphatic rings. The van der Waals surface area contributed by atoms with Crippen LogP contribution in [0.25, 0.3) is 10.7 Å². The molecule has 1 aliphatic heterocycles. The predicted octanol–water partition coefficient (Wildman–Crippen LogP) is 0.539. The fourth-order valence-corrected chi connectivity index (χ4v) is 2.37. The van der Waals surface area contributed by atoms with Crippen LogP contribution in [0.3, 0.4) is 0 Å². The lowest BCUT2D eigenvalue weighted by molar-refractivity contribution is 0.621. The third-order valence-electron chi connectivity index (χ3n) is 2.61. The molecule has 3 rings (SSSR count). The van der Waals surface area contributed by atoms with Gasteiger partial charge in [0.2, 0.25) is 0 Å². The van der Waals surface area contributed by atoms with Gasteiger partial charge in [0, 0.05) is 25.7 Å². The first-order valence-electron chi connectivity index (χ1n) is 5.06. The highest BCUT2D eigenvalue weighted by atomic mass is 32.1. The Labute approximate surface area is 95.6 Å². The molecule has 0 saturated carbocycles. The highest BCUT2D eigenvalue weighted by Crippen LogP contribution is 2.19. The molecule has 0 fully saturated rings. The number of fused-ring (bicyclic) bond motifs is 1. The molecule has 82 valence electrons. The van der Waals surface area contributed by atoms with Gasteiger partial charge in [-0.1, -0.05) is 0 Å². The molecule has 2 N–H and O–H groups in total. The Morgan fingerprint density at radius 2 is 2.38 bits per heavy atom. The van der Waals surface area contributed by atoms with Crippen molar-refractivity contribution in [2.45, 2.75) is 13.0 Å². The quantitative estimate of drug-likeness (QED) is 0.755. The second-order valence-electron chi connectivity index (χ2n) is 3.63. The van der Waals surface area contributed by atoms with Gasteiger partial charge in [0.05, 0.1) is 21.6 Å². The van der Waals surface area contributed by atoms with Crippen LogP contribution < -0.4 is 10.9 Å². The minimum atomic E-state index is -0.0411. The number of aromatic amines is 1. The SMILES string of the molecule is O=c1[nH]c(-c2cncs2)nc2c1CNCC2. The second kappa shape index (κ2) is 3.80. The average Bonchev–Trinajstić information content (AvgIpc) is 2.82. The normalized spacial score (nSPS) is 14.8. The number of thiazole rings is 1. The smallest absolute Gasteiger partial charge is 0.255 e. The van der Waals surface area contributed by atoms with Gasteiger partial charge in [0.15, 0.2) is 5.82 Å². The molecule has 16 heavy (non-hydrogen) atoms. The zero-order chi connectivity index (χ0) is 11.0. The number of nitrogens with one attached hydrogen (secondary N) is 2. The fourth-order valence-electron chi connectivity index (χ4n) is 1.80. The van der Waals surface area contributed by atoms with Gasteiger partial charge < -0.3 is 10.3 Å². The van der Waals surface area contributed by atoms with E-state index in [0.717, 1.165) is 29.1 Å². The first-order chi connectivity index (χ1) is 7.84. The molecule has 3 heterocycles. The van der Waals surface area contributed by atoms with Gasteiger partial charge in [0.25, 0.3) is 5.56 Å². The molecule has 0 aliphatic carbocycles. The Kier molecular flexibility index (Phi) is 2.30. The number of nitrogens with zero attached hydrogens (tertiary/aromatic N) is 2. The molecule has 5 nitrogen and oxygen atoms in total. The summed E-state index contributed by atoms with van der Waals surface area (Å²) in [6.07, 6.45) is 2.53. The summed E-state index contributed by atoms with van der Waals surface area (Å²) < 4.78 is 0. The number of hydrogen-bond acceptors (Lipinski definition) is 5. The van der Waals surface area contributed by atoms with Gasteiger partial charge in [-0.25, -0.2) is 4.98 Å². The minimum Gasteiger partial charge on any atom is -0.312 e.